The summed E-state index contributed by atoms with van der Waals surface area (Å²) >= 11 is 6.06. The standard InChI is InChI=1S/C18H17ClF3N5O/c1-17(2,16(28)25-9-18(20,21)22)27-14-5-6-23-15(26-14)12-8-24-13-4-3-10(19)7-11(12)13/h3-8,24H,9H2,1-2H3,(H,25,28)(H,23,26,27). The molecule has 1 amide bonds. The van der Waals surface area contributed by atoms with E-state index in [0.29, 0.717) is 22.2 Å². The number of H-pyrrole nitrogens is 1. The summed E-state index contributed by atoms with van der Waals surface area (Å²) in [4.78, 5) is 23.8. The number of nitrogens with zero attached hydrogens (tertiary/aromatic N) is 2. The number of carbonyl (C=O) groups is 1. The predicted octanol–water partition coefficient (Wildman–Crippen LogP) is 4.15. The molecule has 2 heterocycles. The van der Waals surface area contributed by atoms with Crippen LogP contribution in [0, 0.1) is 0 Å². The Morgan fingerprint density at radius 3 is 2.71 bits per heavy atom. The van der Waals surface area contributed by atoms with Crippen molar-refractivity contribution in [3.8, 4) is 11.4 Å². The minimum Gasteiger partial charge on any atom is -0.360 e. The predicted molar refractivity (Wildman–Crippen MR) is 101 cm³/mol. The van der Waals surface area contributed by atoms with Crippen molar-refractivity contribution in [3.05, 3.63) is 41.7 Å². The van der Waals surface area contributed by atoms with Crippen LogP contribution in [0.1, 0.15) is 13.8 Å². The molecule has 1 aromatic carbocycles. The van der Waals surface area contributed by atoms with Crippen molar-refractivity contribution in [3.63, 3.8) is 0 Å². The first-order valence-electron chi connectivity index (χ1n) is 8.28. The third kappa shape index (κ3) is 4.53. The Morgan fingerprint density at radius 1 is 1.25 bits per heavy atom. The van der Waals surface area contributed by atoms with Gasteiger partial charge in [0.1, 0.15) is 17.9 Å². The molecule has 0 fully saturated rings. The lowest BCUT2D eigenvalue weighted by molar-refractivity contribution is -0.140. The van der Waals surface area contributed by atoms with E-state index in [1.165, 1.54) is 26.1 Å². The summed E-state index contributed by atoms with van der Waals surface area (Å²) in [6.07, 6.45) is -1.25. The average molecular weight is 412 g/mol. The lowest BCUT2D eigenvalue weighted by Crippen LogP contribution is -2.50. The highest BCUT2D eigenvalue weighted by molar-refractivity contribution is 6.31. The number of amides is 1. The summed E-state index contributed by atoms with van der Waals surface area (Å²) < 4.78 is 37.0. The maximum atomic E-state index is 12.3. The molecule has 2 aromatic heterocycles. The molecule has 3 N–H and O–H groups in total. The number of alkyl halides is 3. The van der Waals surface area contributed by atoms with Crippen LogP contribution in [0.3, 0.4) is 0 Å². The zero-order chi connectivity index (χ0) is 20.5. The molecule has 0 spiro atoms. The van der Waals surface area contributed by atoms with Crippen LogP contribution in [0.2, 0.25) is 5.02 Å². The summed E-state index contributed by atoms with van der Waals surface area (Å²) in [5, 5.41) is 6.10. The van der Waals surface area contributed by atoms with E-state index in [1.54, 1.807) is 18.3 Å². The van der Waals surface area contributed by atoms with Gasteiger partial charge in [0.2, 0.25) is 5.91 Å². The number of benzene rings is 1. The summed E-state index contributed by atoms with van der Waals surface area (Å²) in [6, 6.07) is 6.90. The van der Waals surface area contributed by atoms with Gasteiger partial charge in [0.15, 0.2) is 5.82 Å². The number of hydrogen-bond acceptors (Lipinski definition) is 4. The second-order valence-corrected chi connectivity index (χ2v) is 7.14. The average Bonchev–Trinajstić information content (AvgIpc) is 3.01. The van der Waals surface area contributed by atoms with Crippen LogP contribution in [0.15, 0.2) is 36.7 Å². The van der Waals surface area contributed by atoms with Crippen LogP contribution in [0.4, 0.5) is 19.0 Å². The van der Waals surface area contributed by atoms with Gasteiger partial charge in [-0.1, -0.05) is 11.6 Å². The van der Waals surface area contributed by atoms with Crippen LogP contribution in [-0.2, 0) is 4.79 Å². The van der Waals surface area contributed by atoms with Gasteiger partial charge in [-0.25, -0.2) is 9.97 Å². The number of rotatable bonds is 5. The van der Waals surface area contributed by atoms with Gasteiger partial charge in [0, 0.05) is 33.9 Å². The molecular weight excluding hydrogens is 395 g/mol. The highest BCUT2D eigenvalue weighted by Crippen LogP contribution is 2.29. The molecule has 0 saturated carbocycles. The number of fused-ring (bicyclic) bond motifs is 1. The number of aromatic amines is 1. The van der Waals surface area contributed by atoms with Gasteiger partial charge in [0.05, 0.1) is 0 Å². The van der Waals surface area contributed by atoms with Crippen molar-refractivity contribution in [2.75, 3.05) is 11.9 Å². The number of carbonyl (C=O) groups excluding carboxylic acids is 1. The van der Waals surface area contributed by atoms with Crippen LogP contribution in [0.25, 0.3) is 22.3 Å². The molecule has 0 aliphatic rings. The van der Waals surface area contributed by atoms with Crippen LogP contribution in [-0.4, -0.2) is 39.1 Å². The second kappa shape index (κ2) is 7.31. The Balaban J connectivity index is 1.83. The molecule has 3 rings (SSSR count). The van der Waals surface area contributed by atoms with E-state index in [-0.39, 0.29) is 0 Å². The first kappa shape index (κ1) is 19.9. The van der Waals surface area contributed by atoms with Crippen LogP contribution < -0.4 is 10.6 Å². The zero-order valence-electron chi connectivity index (χ0n) is 15.0. The minimum absolute atomic E-state index is 0.300. The van der Waals surface area contributed by atoms with E-state index in [1.807, 2.05) is 11.4 Å². The SMILES string of the molecule is CC(C)(Nc1ccnc(-c2c[nH]c3ccc(Cl)cc23)n1)C(=O)NCC(F)(F)F. The monoisotopic (exact) mass is 411 g/mol. The molecular formula is C18H17ClF3N5O. The Bertz CT molecular complexity index is 1020. The maximum absolute atomic E-state index is 12.3. The lowest BCUT2D eigenvalue weighted by atomic mass is 10.0. The third-order valence-corrected chi connectivity index (χ3v) is 4.23. The molecule has 148 valence electrons. The Kier molecular flexibility index (Phi) is 5.20. The van der Waals surface area contributed by atoms with E-state index in [9.17, 15) is 18.0 Å². The molecule has 28 heavy (non-hydrogen) atoms. The van der Waals surface area contributed by atoms with E-state index in [2.05, 4.69) is 20.3 Å². The lowest BCUT2D eigenvalue weighted by Gasteiger charge is -2.26. The van der Waals surface area contributed by atoms with E-state index in [4.69, 9.17) is 11.6 Å². The van der Waals surface area contributed by atoms with Crippen molar-refractivity contribution in [1.82, 2.24) is 20.3 Å². The van der Waals surface area contributed by atoms with Gasteiger partial charge in [-0.2, -0.15) is 13.2 Å². The molecule has 0 aliphatic heterocycles. The van der Waals surface area contributed by atoms with Crippen molar-refractivity contribution in [1.29, 1.82) is 0 Å². The number of nitrogens with one attached hydrogen (secondary N) is 3. The fourth-order valence-corrected chi connectivity index (χ4v) is 2.79. The first-order valence-corrected chi connectivity index (χ1v) is 8.66. The Morgan fingerprint density at radius 2 is 2.00 bits per heavy atom. The maximum Gasteiger partial charge on any atom is 0.405 e. The van der Waals surface area contributed by atoms with E-state index < -0.39 is 24.2 Å². The molecule has 3 aromatic rings. The topological polar surface area (TPSA) is 82.7 Å². The fraction of sp³-hybridized carbons (Fsp3) is 0.278. The van der Waals surface area contributed by atoms with Crippen molar-refractivity contribution < 1.29 is 18.0 Å². The highest BCUT2D eigenvalue weighted by atomic mass is 35.5. The van der Waals surface area contributed by atoms with E-state index >= 15 is 0 Å². The minimum atomic E-state index is -4.48. The highest BCUT2D eigenvalue weighted by Gasteiger charge is 2.33. The van der Waals surface area contributed by atoms with Crippen molar-refractivity contribution in [2.45, 2.75) is 25.6 Å². The summed E-state index contributed by atoms with van der Waals surface area (Å²) in [6.45, 7) is 1.53. The normalized spacial score (nSPS) is 12.2. The Labute approximate surface area is 163 Å². The van der Waals surface area contributed by atoms with E-state index in [0.717, 1.165) is 10.9 Å². The first-order chi connectivity index (χ1) is 13.0. The van der Waals surface area contributed by atoms with Crippen LogP contribution in [0.5, 0.6) is 0 Å². The quantitative estimate of drug-likeness (QED) is 0.589. The van der Waals surface area contributed by atoms with Gasteiger partial charge in [-0.15, -0.1) is 0 Å². The molecule has 0 radical (unpaired) electrons. The van der Waals surface area contributed by atoms with Crippen LogP contribution >= 0.6 is 11.6 Å². The molecule has 0 bridgehead atoms. The van der Waals surface area contributed by atoms with Gasteiger partial charge in [-0.05, 0) is 38.1 Å². The molecule has 0 saturated heterocycles. The summed E-state index contributed by atoms with van der Waals surface area (Å²) in [5.74, 6) is -0.123. The van der Waals surface area contributed by atoms with Gasteiger partial charge >= 0.3 is 6.18 Å². The number of halogens is 4. The second-order valence-electron chi connectivity index (χ2n) is 6.71. The van der Waals surface area contributed by atoms with Crippen molar-refractivity contribution in [2.24, 2.45) is 0 Å². The number of anilines is 1. The summed E-state index contributed by atoms with van der Waals surface area (Å²) in [5.41, 5.74) is 0.245. The van der Waals surface area contributed by atoms with Gasteiger partial charge in [-0.3, -0.25) is 4.79 Å². The molecule has 0 unspecified atom stereocenters. The van der Waals surface area contributed by atoms with Gasteiger partial charge in [0.25, 0.3) is 0 Å². The fourth-order valence-electron chi connectivity index (χ4n) is 2.61. The van der Waals surface area contributed by atoms with Gasteiger partial charge < -0.3 is 15.6 Å². The molecule has 0 atom stereocenters. The molecule has 6 nitrogen and oxygen atoms in total. The zero-order valence-corrected chi connectivity index (χ0v) is 15.7. The van der Waals surface area contributed by atoms with Crippen molar-refractivity contribution >= 4 is 34.2 Å². The third-order valence-electron chi connectivity index (χ3n) is 4.00. The number of hydrogen-bond donors (Lipinski definition) is 3. The largest absolute Gasteiger partial charge is 0.405 e. The molecule has 10 heteroatoms. The number of aromatic nitrogens is 3. The molecule has 0 aliphatic carbocycles. The smallest absolute Gasteiger partial charge is 0.360 e. The summed E-state index contributed by atoms with van der Waals surface area (Å²) in [7, 11) is 0. The Hall–Kier alpha value is -2.81.